The van der Waals surface area contributed by atoms with E-state index in [9.17, 15) is 31.3 Å². The number of aromatic hydroxyl groups is 1. The van der Waals surface area contributed by atoms with Gasteiger partial charge in [-0.3, -0.25) is 9.35 Å². The number of alkyl halides is 1. The van der Waals surface area contributed by atoms with Gasteiger partial charge in [0.1, 0.15) is 5.75 Å². The Morgan fingerprint density at radius 3 is 2.39 bits per heavy atom. The van der Waals surface area contributed by atoms with Crippen LogP contribution in [0.25, 0.3) is 10.8 Å². The molecule has 0 saturated heterocycles. The van der Waals surface area contributed by atoms with Gasteiger partial charge in [-0.15, -0.1) is 11.6 Å². The Hall–Kier alpha value is -2.66. The molecular weight excluding hydrogens is 466 g/mol. The lowest BCUT2D eigenvalue weighted by Gasteiger charge is -2.10. The van der Waals surface area contributed by atoms with Crippen molar-refractivity contribution >= 4 is 53.8 Å². The van der Waals surface area contributed by atoms with E-state index in [-0.39, 0.29) is 40.2 Å². The highest BCUT2D eigenvalue weighted by Gasteiger charge is 2.16. The largest absolute Gasteiger partial charge is 0.507 e. The number of Topliss-reactive ketones (excluding diaryl/α,β-unsaturated/α-hetero) is 1. The second-order valence-corrected chi connectivity index (χ2v) is 10.6. The molecule has 0 aliphatic heterocycles. The predicted octanol–water partition coefficient (Wildman–Crippen LogP) is 3.10. The van der Waals surface area contributed by atoms with Crippen LogP contribution >= 0.6 is 11.6 Å². The molecule has 0 radical (unpaired) electrons. The number of ketones is 1. The van der Waals surface area contributed by atoms with Crippen molar-refractivity contribution in [3.05, 3.63) is 60.2 Å². The third-order valence-corrected chi connectivity index (χ3v) is 7.47. The fourth-order valence-electron chi connectivity index (χ4n) is 2.95. The first-order valence-corrected chi connectivity index (χ1v) is 12.5. The van der Waals surface area contributed by atoms with Gasteiger partial charge in [-0.1, -0.05) is 12.1 Å². The number of carbonyl (C=O) groups excluding carboxylic acids is 1. The van der Waals surface area contributed by atoms with Gasteiger partial charge in [-0.25, -0.2) is 8.42 Å². The van der Waals surface area contributed by atoms with E-state index >= 15 is 0 Å². The van der Waals surface area contributed by atoms with Crippen molar-refractivity contribution in [1.29, 1.82) is 0 Å². The third-order valence-electron chi connectivity index (χ3n) is 4.52. The highest BCUT2D eigenvalue weighted by Crippen LogP contribution is 2.30. The predicted molar refractivity (Wildman–Crippen MR) is 117 cm³/mol. The van der Waals surface area contributed by atoms with Gasteiger partial charge in [-0.05, 0) is 41.8 Å². The van der Waals surface area contributed by atoms with Gasteiger partial charge in [0, 0.05) is 28.6 Å². The standard InChI is InChI=1S/C20H18ClNO7S2/c21-6-7-30(25,26)16-3-1-2-13(9-16)20(24)12-22-15-4-5-18-14(8-15)10-17(11-19(18)23)31(27,28)29/h1-5,8-11,22-23H,6-7,12H2,(H,27,28,29). The zero-order valence-corrected chi connectivity index (χ0v) is 18.3. The summed E-state index contributed by atoms with van der Waals surface area (Å²) in [5.41, 5.74) is 0.661. The van der Waals surface area contributed by atoms with Crippen LogP contribution < -0.4 is 5.32 Å². The zero-order valence-electron chi connectivity index (χ0n) is 15.9. The molecule has 8 nitrogen and oxygen atoms in total. The first kappa shape index (κ1) is 23.0. The van der Waals surface area contributed by atoms with E-state index in [1.54, 1.807) is 6.07 Å². The molecule has 3 rings (SSSR count). The van der Waals surface area contributed by atoms with Crippen LogP contribution in [0.15, 0.2) is 64.4 Å². The maximum atomic E-state index is 12.5. The first-order chi connectivity index (χ1) is 14.5. The SMILES string of the molecule is O=C(CNc1ccc2c(O)cc(S(=O)(=O)O)cc2c1)c1cccc(S(=O)(=O)CCCl)c1. The molecule has 0 bridgehead atoms. The Morgan fingerprint density at radius 1 is 0.968 bits per heavy atom. The number of phenolic OH excluding ortho intramolecular Hbond substituents is 1. The van der Waals surface area contributed by atoms with Crippen molar-refractivity contribution < 1.29 is 31.3 Å². The summed E-state index contributed by atoms with van der Waals surface area (Å²) < 4.78 is 56.2. The number of sulfone groups is 1. The summed E-state index contributed by atoms with van der Waals surface area (Å²) in [6.45, 7) is -0.158. The van der Waals surface area contributed by atoms with Crippen molar-refractivity contribution in [2.45, 2.75) is 9.79 Å². The van der Waals surface area contributed by atoms with Crippen LogP contribution in [0.1, 0.15) is 10.4 Å². The highest BCUT2D eigenvalue weighted by atomic mass is 35.5. The number of halogens is 1. The Bertz CT molecular complexity index is 1370. The van der Waals surface area contributed by atoms with E-state index in [1.807, 2.05) is 0 Å². The highest BCUT2D eigenvalue weighted by molar-refractivity contribution is 7.91. The minimum Gasteiger partial charge on any atom is -0.507 e. The summed E-state index contributed by atoms with van der Waals surface area (Å²) in [6.07, 6.45) is 0. The number of benzene rings is 3. The Kier molecular flexibility index (Phi) is 6.56. The van der Waals surface area contributed by atoms with Gasteiger partial charge in [-0.2, -0.15) is 8.42 Å². The molecule has 3 aromatic carbocycles. The molecule has 0 unspecified atom stereocenters. The van der Waals surface area contributed by atoms with Crippen LogP contribution in [0.3, 0.4) is 0 Å². The van der Waals surface area contributed by atoms with Crippen LogP contribution in [-0.2, 0) is 20.0 Å². The molecule has 11 heteroatoms. The molecule has 0 atom stereocenters. The maximum Gasteiger partial charge on any atom is 0.294 e. The molecule has 0 heterocycles. The van der Waals surface area contributed by atoms with Crippen molar-refractivity contribution in [2.24, 2.45) is 0 Å². The lowest BCUT2D eigenvalue weighted by Crippen LogP contribution is -2.15. The third kappa shape index (κ3) is 5.34. The van der Waals surface area contributed by atoms with Gasteiger partial charge in [0.15, 0.2) is 15.6 Å². The Morgan fingerprint density at radius 2 is 1.71 bits per heavy atom. The van der Waals surface area contributed by atoms with Crippen molar-refractivity contribution in [1.82, 2.24) is 0 Å². The molecule has 0 aliphatic carbocycles. The number of anilines is 1. The lowest BCUT2D eigenvalue weighted by atomic mass is 10.1. The Balaban J connectivity index is 1.82. The summed E-state index contributed by atoms with van der Waals surface area (Å²) in [5, 5.41) is 13.6. The number of hydrogen-bond acceptors (Lipinski definition) is 7. The summed E-state index contributed by atoms with van der Waals surface area (Å²) in [5.74, 6) is -0.973. The molecule has 0 aromatic heterocycles. The second kappa shape index (κ2) is 8.83. The van der Waals surface area contributed by atoms with Gasteiger partial charge in [0.25, 0.3) is 10.1 Å². The molecule has 0 saturated carbocycles. The number of hydrogen-bond donors (Lipinski definition) is 3. The molecule has 0 aliphatic rings. The van der Waals surface area contributed by atoms with Crippen molar-refractivity contribution in [3.63, 3.8) is 0 Å². The second-order valence-electron chi connectivity index (χ2n) is 6.67. The quantitative estimate of drug-likeness (QED) is 0.252. The van der Waals surface area contributed by atoms with E-state index in [4.69, 9.17) is 11.6 Å². The molecular formula is C20H18ClNO7S2. The molecule has 164 valence electrons. The van der Waals surface area contributed by atoms with E-state index in [1.165, 1.54) is 42.5 Å². The maximum absolute atomic E-state index is 12.5. The summed E-state index contributed by atoms with van der Waals surface area (Å²) in [6, 6.07) is 12.4. The fourth-order valence-corrected chi connectivity index (χ4v) is 5.13. The van der Waals surface area contributed by atoms with E-state index < -0.39 is 24.9 Å². The normalized spacial score (nSPS) is 12.1. The number of rotatable bonds is 8. The lowest BCUT2D eigenvalue weighted by molar-refractivity contribution is 0.101. The van der Waals surface area contributed by atoms with Crippen LogP contribution in [-0.4, -0.2) is 50.5 Å². The van der Waals surface area contributed by atoms with Crippen molar-refractivity contribution in [3.8, 4) is 5.75 Å². The zero-order chi connectivity index (χ0) is 22.8. The smallest absolute Gasteiger partial charge is 0.294 e. The van der Waals surface area contributed by atoms with Crippen LogP contribution in [0.4, 0.5) is 5.69 Å². The molecule has 0 fully saturated rings. The average Bonchev–Trinajstić information content (AvgIpc) is 2.71. The number of phenols is 1. The van der Waals surface area contributed by atoms with Crippen LogP contribution in [0.2, 0.25) is 0 Å². The number of carbonyl (C=O) groups is 1. The Labute approximate surface area is 184 Å². The van der Waals surface area contributed by atoms with E-state index in [0.29, 0.717) is 16.5 Å². The van der Waals surface area contributed by atoms with Crippen LogP contribution in [0, 0.1) is 0 Å². The molecule has 3 N–H and O–H groups in total. The van der Waals surface area contributed by atoms with Gasteiger partial charge >= 0.3 is 0 Å². The van der Waals surface area contributed by atoms with E-state index in [2.05, 4.69) is 5.32 Å². The summed E-state index contributed by atoms with van der Waals surface area (Å²) in [7, 11) is -8.08. The molecule has 31 heavy (non-hydrogen) atoms. The first-order valence-electron chi connectivity index (χ1n) is 8.91. The van der Waals surface area contributed by atoms with Crippen LogP contribution in [0.5, 0.6) is 5.75 Å². The molecule has 0 amide bonds. The summed E-state index contributed by atoms with van der Waals surface area (Å²) >= 11 is 5.52. The average molecular weight is 484 g/mol. The molecule has 0 spiro atoms. The monoisotopic (exact) mass is 483 g/mol. The minimum absolute atomic E-state index is 0.0120. The van der Waals surface area contributed by atoms with Gasteiger partial charge < -0.3 is 10.4 Å². The number of fused-ring (bicyclic) bond motifs is 1. The fraction of sp³-hybridized carbons (Fsp3) is 0.150. The van der Waals surface area contributed by atoms with E-state index in [0.717, 1.165) is 6.07 Å². The van der Waals surface area contributed by atoms with Gasteiger partial charge in [0.05, 0.1) is 22.1 Å². The topological polar surface area (TPSA) is 138 Å². The van der Waals surface area contributed by atoms with Gasteiger partial charge in [0.2, 0.25) is 0 Å². The van der Waals surface area contributed by atoms with Crippen molar-refractivity contribution in [2.75, 3.05) is 23.5 Å². The summed E-state index contributed by atoms with van der Waals surface area (Å²) in [4.78, 5) is 12.1. The number of nitrogens with one attached hydrogen (secondary N) is 1. The minimum atomic E-state index is -4.50. The molecule has 3 aromatic rings.